The van der Waals surface area contributed by atoms with Crippen LogP contribution in [0.25, 0.3) is 0 Å². The van der Waals surface area contributed by atoms with E-state index in [9.17, 15) is 8.42 Å². The molecule has 0 amide bonds. The minimum atomic E-state index is -3.47. The van der Waals surface area contributed by atoms with Crippen LogP contribution in [-0.2, 0) is 10.0 Å². The SMILES string of the molecule is CCCNS(=O)(=O)c1ccccc1N(CCC)CCN. The van der Waals surface area contributed by atoms with Crippen molar-refractivity contribution in [3.05, 3.63) is 24.3 Å². The lowest BCUT2D eigenvalue weighted by Gasteiger charge is -2.26. The maximum absolute atomic E-state index is 12.4. The molecule has 1 aromatic carbocycles. The van der Waals surface area contributed by atoms with E-state index in [0.717, 1.165) is 25.1 Å². The molecule has 0 unspecified atom stereocenters. The third-order valence-corrected chi connectivity index (χ3v) is 4.44. The molecule has 114 valence electrons. The van der Waals surface area contributed by atoms with Gasteiger partial charge in [0.05, 0.1) is 5.69 Å². The van der Waals surface area contributed by atoms with Crippen LogP contribution >= 0.6 is 0 Å². The first-order chi connectivity index (χ1) is 9.56. The van der Waals surface area contributed by atoms with Crippen molar-refractivity contribution in [1.29, 1.82) is 0 Å². The molecule has 0 aliphatic heterocycles. The molecular weight excluding hydrogens is 274 g/mol. The van der Waals surface area contributed by atoms with Gasteiger partial charge in [-0.3, -0.25) is 0 Å². The highest BCUT2D eigenvalue weighted by Crippen LogP contribution is 2.24. The first-order valence-corrected chi connectivity index (χ1v) is 8.58. The van der Waals surface area contributed by atoms with Gasteiger partial charge < -0.3 is 10.6 Å². The van der Waals surface area contributed by atoms with Gasteiger partial charge in [0.15, 0.2) is 0 Å². The topological polar surface area (TPSA) is 75.4 Å². The van der Waals surface area contributed by atoms with Gasteiger partial charge in [-0.05, 0) is 25.0 Å². The van der Waals surface area contributed by atoms with Gasteiger partial charge in [-0.15, -0.1) is 0 Å². The van der Waals surface area contributed by atoms with E-state index in [-0.39, 0.29) is 0 Å². The largest absolute Gasteiger partial charge is 0.369 e. The molecule has 0 saturated heterocycles. The van der Waals surface area contributed by atoms with Crippen LogP contribution < -0.4 is 15.4 Å². The molecule has 3 N–H and O–H groups in total. The summed E-state index contributed by atoms with van der Waals surface area (Å²) >= 11 is 0. The minimum absolute atomic E-state index is 0.329. The number of benzene rings is 1. The highest BCUT2D eigenvalue weighted by Gasteiger charge is 2.20. The predicted molar refractivity (Wildman–Crippen MR) is 83.5 cm³/mol. The molecule has 0 fully saturated rings. The summed E-state index contributed by atoms with van der Waals surface area (Å²) in [5, 5.41) is 0. The van der Waals surface area contributed by atoms with Crippen LogP contribution in [0.1, 0.15) is 26.7 Å². The third kappa shape index (κ3) is 4.47. The van der Waals surface area contributed by atoms with Crippen LogP contribution in [0.2, 0.25) is 0 Å². The van der Waals surface area contributed by atoms with Crippen molar-refractivity contribution in [2.24, 2.45) is 5.73 Å². The second-order valence-corrected chi connectivity index (χ2v) is 6.38. The molecule has 0 spiro atoms. The summed E-state index contributed by atoms with van der Waals surface area (Å²) in [6, 6.07) is 7.09. The third-order valence-electron chi connectivity index (χ3n) is 2.93. The van der Waals surface area contributed by atoms with Crippen molar-refractivity contribution in [3.63, 3.8) is 0 Å². The van der Waals surface area contributed by atoms with Gasteiger partial charge in [0.1, 0.15) is 4.90 Å². The number of nitrogens with zero attached hydrogens (tertiary/aromatic N) is 1. The van der Waals surface area contributed by atoms with Gasteiger partial charge in [-0.25, -0.2) is 13.1 Å². The van der Waals surface area contributed by atoms with Crippen LogP contribution in [0, 0.1) is 0 Å². The lowest BCUT2D eigenvalue weighted by Crippen LogP contribution is -2.33. The van der Waals surface area contributed by atoms with Crippen LogP contribution in [0.5, 0.6) is 0 Å². The molecule has 0 bridgehead atoms. The van der Waals surface area contributed by atoms with Crippen LogP contribution in [0.15, 0.2) is 29.2 Å². The zero-order chi connectivity index (χ0) is 15.0. The summed E-state index contributed by atoms with van der Waals surface area (Å²) in [5.41, 5.74) is 6.36. The van der Waals surface area contributed by atoms with E-state index in [1.807, 2.05) is 24.0 Å². The first kappa shape index (κ1) is 16.9. The second kappa shape index (κ2) is 8.24. The van der Waals surface area contributed by atoms with Gasteiger partial charge >= 0.3 is 0 Å². The van der Waals surface area contributed by atoms with Crippen LogP contribution in [-0.4, -0.2) is 34.6 Å². The second-order valence-electron chi connectivity index (χ2n) is 4.64. The fourth-order valence-corrected chi connectivity index (χ4v) is 3.40. The molecular formula is C14H25N3O2S. The molecule has 6 heteroatoms. The Labute approximate surface area is 122 Å². The van der Waals surface area contributed by atoms with E-state index < -0.39 is 10.0 Å². The molecule has 1 aromatic rings. The Hall–Kier alpha value is -1.11. The van der Waals surface area contributed by atoms with E-state index >= 15 is 0 Å². The minimum Gasteiger partial charge on any atom is -0.369 e. The van der Waals surface area contributed by atoms with Gasteiger partial charge in [-0.1, -0.05) is 26.0 Å². The lowest BCUT2D eigenvalue weighted by molar-refractivity contribution is 0.580. The summed E-state index contributed by atoms with van der Waals surface area (Å²) < 4.78 is 27.3. The molecule has 20 heavy (non-hydrogen) atoms. The summed E-state index contributed by atoms with van der Waals surface area (Å²) in [7, 11) is -3.47. The Morgan fingerprint density at radius 3 is 2.45 bits per heavy atom. The van der Waals surface area contributed by atoms with Gasteiger partial charge in [0, 0.05) is 26.2 Å². The molecule has 5 nitrogen and oxygen atoms in total. The average molecular weight is 299 g/mol. The van der Waals surface area contributed by atoms with Crippen molar-refractivity contribution < 1.29 is 8.42 Å². The first-order valence-electron chi connectivity index (χ1n) is 7.10. The zero-order valence-electron chi connectivity index (χ0n) is 12.3. The standard InChI is InChI=1S/C14H25N3O2S/c1-3-10-16-20(18,19)14-8-6-5-7-13(14)17(11-4-2)12-9-15/h5-8,16H,3-4,9-12,15H2,1-2H3. The number of nitrogens with one attached hydrogen (secondary N) is 1. The molecule has 0 radical (unpaired) electrons. The normalized spacial score (nSPS) is 11.6. The Balaban J connectivity index is 3.14. The van der Waals surface area contributed by atoms with E-state index in [1.54, 1.807) is 12.1 Å². The average Bonchev–Trinajstić information content (AvgIpc) is 2.45. The molecule has 0 aliphatic rings. The number of para-hydroxylation sites is 1. The molecule has 0 aliphatic carbocycles. The van der Waals surface area contributed by atoms with Gasteiger partial charge in [0.25, 0.3) is 0 Å². The number of nitrogens with two attached hydrogens (primary N) is 1. The fourth-order valence-electron chi connectivity index (χ4n) is 2.04. The number of hydrogen-bond acceptors (Lipinski definition) is 4. The van der Waals surface area contributed by atoms with Gasteiger partial charge in [0.2, 0.25) is 10.0 Å². The number of anilines is 1. The highest BCUT2D eigenvalue weighted by molar-refractivity contribution is 7.89. The van der Waals surface area contributed by atoms with E-state index in [4.69, 9.17) is 5.73 Å². The predicted octanol–water partition coefficient (Wildman–Crippen LogP) is 1.55. The van der Waals surface area contributed by atoms with Crippen LogP contribution in [0.4, 0.5) is 5.69 Å². The molecule has 1 rings (SSSR count). The van der Waals surface area contributed by atoms with Gasteiger partial charge in [-0.2, -0.15) is 0 Å². The number of hydrogen-bond donors (Lipinski definition) is 2. The lowest BCUT2D eigenvalue weighted by atomic mass is 10.2. The highest BCUT2D eigenvalue weighted by atomic mass is 32.2. The fraction of sp³-hybridized carbons (Fsp3) is 0.571. The molecule has 0 heterocycles. The summed E-state index contributed by atoms with van der Waals surface area (Å²) in [5.74, 6) is 0. The maximum atomic E-state index is 12.4. The Kier molecular flexibility index (Phi) is 6.98. The smallest absolute Gasteiger partial charge is 0.242 e. The number of rotatable bonds is 9. The zero-order valence-corrected chi connectivity index (χ0v) is 13.1. The summed E-state index contributed by atoms with van der Waals surface area (Å²) in [6.07, 6.45) is 1.71. The van der Waals surface area contributed by atoms with Crippen molar-refractivity contribution in [3.8, 4) is 0 Å². The van der Waals surface area contributed by atoms with Crippen molar-refractivity contribution in [1.82, 2.24) is 4.72 Å². The van der Waals surface area contributed by atoms with E-state index in [2.05, 4.69) is 11.6 Å². The summed E-state index contributed by atoms with van der Waals surface area (Å²) in [4.78, 5) is 2.36. The maximum Gasteiger partial charge on any atom is 0.242 e. The Bertz CT molecular complexity index is 497. The quantitative estimate of drug-likeness (QED) is 0.725. The van der Waals surface area contributed by atoms with Crippen molar-refractivity contribution >= 4 is 15.7 Å². The summed E-state index contributed by atoms with van der Waals surface area (Å²) in [6.45, 7) is 6.38. The van der Waals surface area contributed by atoms with Crippen molar-refractivity contribution in [2.75, 3.05) is 31.1 Å². The Morgan fingerprint density at radius 2 is 1.85 bits per heavy atom. The van der Waals surface area contributed by atoms with E-state index in [0.29, 0.717) is 24.5 Å². The monoisotopic (exact) mass is 299 g/mol. The van der Waals surface area contributed by atoms with E-state index in [1.165, 1.54) is 0 Å². The number of sulfonamides is 1. The molecule has 0 saturated carbocycles. The van der Waals surface area contributed by atoms with Crippen LogP contribution in [0.3, 0.4) is 0 Å². The van der Waals surface area contributed by atoms with Crippen molar-refractivity contribution in [2.45, 2.75) is 31.6 Å². The molecule has 0 atom stereocenters. The molecule has 0 aromatic heterocycles. The Morgan fingerprint density at radius 1 is 1.15 bits per heavy atom.